The molecular formula is C28H25ClN6O2S. The number of nitrogens with one attached hydrogen (secondary N) is 2. The topological polar surface area (TPSA) is 94.0 Å². The van der Waals surface area contributed by atoms with Crippen LogP contribution in [0.2, 0.25) is 5.02 Å². The van der Waals surface area contributed by atoms with E-state index in [2.05, 4.69) is 25.6 Å². The third kappa shape index (κ3) is 4.81. The van der Waals surface area contributed by atoms with Crippen molar-refractivity contribution in [1.29, 1.82) is 0 Å². The fourth-order valence-corrected chi connectivity index (χ4v) is 5.54. The van der Waals surface area contributed by atoms with Crippen LogP contribution in [0.5, 0.6) is 0 Å². The molecule has 0 radical (unpaired) electrons. The number of fused-ring (bicyclic) bond motifs is 1. The molecule has 1 unspecified atom stereocenters. The van der Waals surface area contributed by atoms with Crippen molar-refractivity contribution >= 4 is 45.6 Å². The zero-order valence-corrected chi connectivity index (χ0v) is 22.2. The van der Waals surface area contributed by atoms with Crippen LogP contribution >= 0.6 is 22.9 Å². The van der Waals surface area contributed by atoms with Crippen molar-refractivity contribution in [2.24, 2.45) is 0 Å². The van der Waals surface area contributed by atoms with E-state index < -0.39 is 0 Å². The quantitative estimate of drug-likeness (QED) is 0.285. The summed E-state index contributed by atoms with van der Waals surface area (Å²) in [5.41, 5.74) is 6.32. The summed E-state index contributed by atoms with van der Waals surface area (Å²) in [6, 6.07) is 15.6. The normalized spacial score (nSPS) is 15.6. The molecule has 6 rings (SSSR count). The minimum atomic E-state index is -0.150. The fourth-order valence-electron chi connectivity index (χ4n) is 4.64. The Bertz CT molecular complexity index is 1650. The smallest absolute Gasteiger partial charge is 0.260 e. The molecule has 2 N–H and O–H groups in total. The summed E-state index contributed by atoms with van der Waals surface area (Å²) in [5.74, 6) is 0.419. The monoisotopic (exact) mass is 544 g/mol. The second-order valence-electron chi connectivity index (χ2n) is 8.95. The molecule has 0 amide bonds. The second kappa shape index (κ2) is 10.6. The van der Waals surface area contributed by atoms with E-state index in [1.165, 1.54) is 0 Å². The largest absolute Gasteiger partial charge is 0.371 e. The average molecular weight is 545 g/mol. The van der Waals surface area contributed by atoms with Gasteiger partial charge in [0, 0.05) is 59.3 Å². The summed E-state index contributed by atoms with van der Waals surface area (Å²) in [6.07, 6.45) is 3.59. The van der Waals surface area contributed by atoms with E-state index >= 15 is 0 Å². The number of rotatable bonds is 6. The lowest BCUT2D eigenvalue weighted by Gasteiger charge is -2.24. The first-order chi connectivity index (χ1) is 18.6. The number of hydrogen-bond acceptors (Lipinski definition) is 8. The maximum Gasteiger partial charge on any atom is 0.260 e. The molecule has 1 saturated heterocycles. The Labute approximate surface area is 228 Å². The van der Waals surface area contributed by atoms with Gasteiger partial charge in [-0.1, -0.05) is 35.9 Å². The summed E-state index contributed by atoms with van der Waals surface area (Å²) < 4.78 is 7.48. The van der Waals surface area contributed by atoms with Crippen LogP contribution in [0.15, 0.2) is 71.2 Å². The third-order valence-electron chi connectivity index (χ3n) is 6.59. The maximum absolute atomic E-state index is 13.5. The van der Waals surface area contributed by atoms with Gasteiger partial charge in [-0.2, -0.15) is 4.98 Å². The van der Waals surface area contributed by atoms with Gasteiger partial charge >= 0.3 is 0 Å². The standard InChI is InChI=1S/C28H25ClN6O2S/c1-2-35-26-19(11-22(27(35)36)21-8-5-18(12-23(21)29)25-15-31-16-38-25)13-32-28(34-26)33-20-6-3-17(4-7-20)24-14-30-9-10-37-24/h3-8,11-13,15-16,24,30H,2,9-10,14H2,1H3,(H,32,33,34). The number of morpholine rings is 1. The number of benzene rings is 2. The lowest BCUT2D eigenvalue weighted by atomic mass is 10.0. The maximum atomic E-state index is 13.5. The van der Waals surface area contributed by atoms with Gasteiger partial charge in [0.05, 0.1) is 23.1 Å². The molecule has 3 aromatic heterocycles. The van der Waals surface area contributed by atoms with Gasteiger partial charge in [0.15, 0.2) is 0 Å². The molecule has 5 aromatic rings. The lowest BCUT2D eigenvalue weighted by molar-refractivity contribution is 0.0277. The van der Waals surface area contributed by atoms with Gasteiger partial charge in [0.1, 0.15) is 5.65 Å². The molecular weight excluding hydrogens is 520 g/mol. The van der Waals surface area contributed by atoms with Crippen LogP contribution in [0.4, 0.5) is 11.6 Å². The van der Waals surface area contributed by atoms with Crippen molar-refractivity contribution in [2.45, 2.75) is 19.6 Å². The van der Waals surface area contributed by atoms with Gasteiger partial charge in [0.25, 0.3) is 5.56 Å². The summed E-state index contributed by atoms with van der Waals surface area (Å²) in [5, 5.41) is 7.86. The van der Waals surface area contributed by atoms with Crippen LogP contribution in [0, 0.1) is 0 Å². The van der Waals surface area contributed by atoms with Gasteiger partial charge in [-0.15, -0.1) is 11.3 Å². The van der Waals surface area contributed by atoms with Crippen LogP contribution in [-0.2, 0) is 11.3 Å². The van der Waals surface area contributed by atoms with E-state index in [1.54, 1.807) is 33.8 Å². The first-order valence-electron chi connectivity index (χ1n) is 12.4. The van der Waals surface area contributed by atoms with E-state index in [9.17, 15) is 4.79 Å². The van der Waals surface area contributed by atoms with E-state index in [0.717, 1.165) is 40.2 Å². The Morgan fingerprint density at radius 3 is 2.74 bits per heavy atom. The minimum absolute atomic E-state index is 0.0558. The molecule has 1 aliphatic heterocycles. The van der Waals surface area contributed by atoms with Crippen molar-refractivity contribution in [3.05, 3.63) is 87.4 Å². The highest BCUT2D eigenvalue weighted by atomic mass is 35.5. The highest BCUT2D eigenvalue weighted by Crippen LogP contribution is 2.33. The SMILES string of the molecule is CCn1c(=O)c(-c2ccc(-c3cncs3)cc2Cl)cc2cnc(Nc3ccc(C4CNCCO4)cc3)nc21. The molecule has 8 nitrogen and oxygen atoms in total. The number of pyridine rings is 1. The van der Waals surface area contributed by atoms with Gasteiger partial charge in [-0.25, -0.2) is 4.98 Å². The molecule has 0 spiro atoms. The van der Waals surface area contributed by atoms with Crippen LogP contribution in [0.3, 0.4) is 0 Å². The summed E-state index contributed by atoms with van der Waals surface area (Å²) >= 11 is 8.20. The molecule has 1 fully saturated rings. The summed E-state index contributed by atoms with van der Waals surface area (Å²) in [4.78, 5) is 27.9. The van der Waals surface area contributed by atoms with Crippen LogP contribution < -0.4 is 16.2 Å². The molecule has 4 heterocycles. The number of nitrogens with zero attached hydrogens (tertiary/aromatic N) is 4. The number of halogens is 1. The van der Waals surface area contributed by atoms with E-state index in [4.69, 9.17) is 16.3 Å². The predicted molar refractivity (Wildman–Crippen MR) is 152 cm³/mol. The lowest BCUT2D eigenvalue weighted by Crippen LogP contribution is -2.33. The highest BCUT2D eigenvalue weighted by molar-refractivity contribution is 7.13. The molecule has 10 heteroatoms. The van der Waals surface area contributed by atoms with Crippen molar-refractivity contribution in [2.75, 3.05) is 25.0 Å². The Balaban J connectivity index is 1.31. The predicted octanol–water partition coefficient (Wildman–Crippen LogP) is 5.66. The first-order valence-corrected chi connectivity index (χ1v) is 13.6. The van der Waals surface area contributed by atoms with Crippen molar-refractivity contribution < 1.29 is 4.74 Å². The summed E-state index contributed by atoms with van der Waals surface area (Å²) in [6.45, 7) is 4.78. The van der Waals surface area contributed by atoms with Crippen molar-refractivity contribution in [1.82, 2.24) is 24.8 Å². The molecule has 38 heavy (non-hydrogen) atoms. The average Bonchev–Trinajstić information content (AvgIpc) is 3.49. The Morgan fingerprint density at radius 1 is 1.16 bits per heavy atom. The molecule has 0 bridgehead atoms. The van der Waals surface area contributed by atoms with Crippen LogP contribution in [0.25, 0.3) is 32.6 Å². The van der Waals surface area contributed by atoms with Gasteiger partial charge in [-0.05, 0) is 42.3 Å². The third-order valence-corrected chi connectivity index (χ3v) is 7.72. The van der Waals surface area contributed by atoms with Gasteiger partial charge in [0.2, 0.25) is 5.95 Å². The zero-order chi connectivity index (χ0) is 26.1. The molecule has 1 atom stereocenters. The van der Waals surface area contributed by atoms with Gasteiger partial charge in [-0.3, -0.25) is 14.3 Å². The number of anilines is 2. The van der Waals surface area contributed by atoms with E-state index in [-0.39, 0.29) is 11.7 Å². The Kier molecular flexibility index (Phi) is 6.90. The fraction of sp³-hybridized carbons (Fsp3) is 0.214. The van der Waals surface area contributed by atoms with Crippen molar-refractivity contribution in [3.8, 4) is 21.6 Å². The van der Waals surface area contributed by atoms with E-state index in [0.29, 0.717) is 40.9 Å². The van der Waals surface area contributed by atoms with Gasteiger partial charge < -0.3 is 15.4 Å². The molecule has 2 aromatic carbocycles. The molecule has 1 aliphatic rings. The number of aromatic nitrogens is 4. The summed E-state index contributed by atoms with van der Waals surface area (Å²) in [7, 11) is 0. The molecule has 0 aliphatic carbocycles. The number of aryl methyl sites for hydroxylation is 1. The number of thiazole rings is 1. The minimum Gasteiger partial charge on any atom is -0.371 e. The van der Waals surface area contributed by atoms with Crippen molar-refractivity contribution in [3.63, 3.8) is 0 Å². The number of ether oxygens (including phenoxy) is 1. The highest BCUT2D eigenvalue weighted by Gasteiger charge is 2.17. The Hall–Kier alpha value is -3.63. The molecule has 192 valence electrons. The Morgan fingerprint density at radius 2 is 2.03 bits per heavy atom. The van der Waals surface area contributed by atoms with Crippen LogP contribution in [0.1, 0.15) is 18.6 Å². The van der Waals surface area contributed by atoms with Crippen LogP contribution in [-0.4, -0.2) is 39.2 Å². The first kappa shape index (κ1) is 24.7. The van der Waals surface area contributed by atoms with E-state index in [1.807, 2.05) is 55.5 Å². The zero-order valence-electron chi connectivity index (χ0n) is 20.6. The number of hydrogen-bond donors (Lipinski definition) is 2. The molecule has 0 saturated carbocycles. The second-order valence-corrected chi connectivity index (χ2v) is 10.2.